The second kappa shape index (κ2) is 17.2. The summed E-state index contributed by atoms with van der Waals surface area (Å²) in [6.07, 6.45) is 8.42. The molecular weight excluding hydrogens is 749 g/mol. The number of hydrogen-bond acceptors (Lipinski definition) is 2. The predicted molar refractivity (Wildman–Crippen MR) is 265 cm³/mol. The molecule has 0 saturated heterocycles. The maximum Gasteiger partial charge on any atom is 0.0534 e. The molecule has 2 nitrogen and oxygen atoms in total. The van der Waals surface area contributed by atoms with Crippen molar-refractivity contribution >= 4 is 28.3 Å². The maximum absolute atomic E-state index is 4.56. The summed E-state index contributed by atoms with van der Waals surface area (Å²) in [6.45, 7) is 4.56. The summed E-state index contributed by atoms with van der Waals surface area (Å²) in [5, 5.41) is 3.83. The van der Waals surface area contributed by atoms with Gasteiger partial charge in [-0.25, -0.2) is 0 Å². The highest BCUT2D eigenvalue weighted by Gasteiger charge is 2.18. The lowest BCUT2D eigenvalue weighted by atomic mass is 9.93. The zero-order valence-corrected chi connectivity index (χ0v) is 34.3. The third-order valence-electron chi connectivity index (χ3n) is 11.5. The van der Waals surface area contributed by atoms with E-state index in [2.05, 4.69) is 266 Å². The normalized spacial score (nSPS) is 13.1. The third-order valence-corrected chi connectivity index (χ3v) is 11.5. The Morgan fingerprint density at radius 2 is 0.806 bits per heavy atom. The van der Waals surface area contributed by atoms with Crippen molar-refractivity contribution in [3.05, 3.63) is 261 Å². The van der Waals surface area contributed by atoms with E-state index in [1.54, 1.807) is 0 Å². The van der Waals surface area contributed by atoms with Crippen molar-refractivity contribution in [2.75, 3.05) is 10.2 Å². The van der Waals surface area contributed by atoms with E-state index in [0.29, 0.717) is 0 Å². The summed E-state index contributed by atoms with van der Waals surface area (Å²) in [6, 6.07) is 80.2. The Labute approximate surface area is 364 Å². The third kappa shape index (κ3) is 8.06. The van der Waals surface area contributed by atoms with Gasteiger partial charge in [0.1, 0.15) is 0 Å². The van der Waals surface area contributed by atoms with Crippen LogP contribution in [0.1, 0.15) is 5.56 Å². The average Bonchev–Trinajstić information content (AvgIpc) is 3.34. The lowest BCUT2D eigenvalue weighted by molar-refractivity contribution is 1.27. The Morgan fingerprint density at radius 3 is 1.39 bits per heavy atom. The minimum atomic E-state index is 0.956. The van der Waals surface area contributed by atoms with Crippen LogP contribution in [0.15, 0.2) is 255 Å². The number of benzene rings is 9. The van der Waals surface area contributed by atoms with E-state index >= 15 is 0 Å². The number of rotatable bonds is 9. The Kier molecular flexibility index (Phi) is 10.5. The van der Waals surface area contributed by atoms with E-state index in [1.807, 2.05) is 0 Å². The second-order valence-electron chi connectivity index (χ2n) is 15.6. The fourth-order valence-corrected chi connectivity index (χ4v) is 8.39. The molecule has 0 saturated carbocycles. The second-order valence-corrected chi connectivity index (χ2v) is 15.6. The molecule has 0 fully saturated rings. The van der Waals surface area contributed by atoms with Crippen LogP contribution < -0.4 is 10.2 Å². The van der Waals surface area contributed by atoms with Crippen molar-refractivity contribution in [3.8, 4) is 66.8 Å². The summed E-state index contributed by atoms with van der Waals surface area (Å²) in [5.41, 5.74) is 20.2. The Bertz CT molecular complexity index is 2980. The van der Waals surface area contributed by atoms with Gasteiger partial charge < -0.3 is 10.2 Å². The van der Waals surface area contributed by atoms with E-state index in [4.69, 9.17) is 0 Å². The number of para-hydroxylation sites is 1. The minimum absolute atomic E-state index is 0.956. The Hall–Kier alpha value is -8.20. The molecule has 0 atom stereocenters. The van der Waals surface area contributed by atoms with Gasteiger partial charge in [0.15, 0.2) is 0 Å². The molecule has 0 amide bonds. The van der Waals surface area contributed by atoms with E-state index < -0.39 is 0 Å². The molecule has 62 heavy (non-hydrogen) atoms. The van der Waals surface area contributed by atoms with Crippen LogP contribution in [0.3, 0.4) is 0 Å². The smallest absolute Gasteiger partial charge is 0.0534 e. The van der Waals surface area contributed by atoms with Crippen LogP contribution in [0.5, 0.6) is 0 Å². The van der Waals surface area contributed by atoms with Crippen LogP contribution in [0.4, 0.5) is 22.7 Å². The molecule has 9 aromatic carbocycles. The van der Waals surface area contributed by atoms with Crippen LogP contribution in [0.2, 0.25) is 0 Å². The van der Waals surface area contributed by atoms with Gasteiger partial charge in [-0.15, -0.1) is 0 Å². The van der Waals surface area contributed by atoms with Gasteiger partial charge in [0.2, 0.25) is 0 Å². The minimum Gasteiger partial charge on any atom is -0.355 e. The first-order valence-electron chi connectivity index (χ1n) is 21.1. The largest absolute Gasteiger partial charge is 0.355 e. The highest BCUT2D eigenvalue weighted by molar-refractivity contribution is 5.91. The highest BCUT2D eigenvalue weighted by atomic mass is 15.1. The van der Waals surface area contributed by atoms with Crippen LogP contribution in [-0.4, -0.2) is 0 Å². The van der Waals surface area contributed by atoms with Crippen LogP contribution >= 0.6 is 0 Å². The number of nitrogens with zero attached hydrogens (tertiary/aromatic N) is 1. The van der Waals surface area contributed by atoms with Crippen molar-refractivity contribution in [2.45, 2.75) is 0 Å². The molecule has 1 N–H and O–H groups in total. The van der Waals surface area contributed by atoms with Crippen molar-refractivity contribution in [1.29, 1.82) is 0 Å². The molecule has 9 aromatic rings. The molecule has 0 radical (unpaired) electrons. The van der Waals surface area contributed by atoms with Gasteiger partial charge in [-0.05, 0) is 134 Å². The van der Waals surface area contributed by atoms with E-state index in [0.717, 1.165) is 67.3 Å². The first-order chi connectivity index (χ1) is 30.6. The quantitative estimate of drug-likeness (QED) is 0.157. The number of anilines is 4. The molecule has 1 aliphatic heterocycles. The van der Waals surface area contributed by atoms with Crippen molar-refractivity contribution in [3.63, 3.8) is 0 Å². The topological polar surface area (TPSA) is 15.3 Å². The first kappa shape index (κ1) is 38.0. The van der Waals surface area contributed by atoms with Gasteiger partial charge in [-0.1, -0.05) is 183 Å². The van der Waals surface area contributed by atoms with E-state index in [-0.39, 0.29) is 0 Å². The number of nitrogens with one attached hydrogen (secondary N) is 1. The van der Waals surface area contributed by atoms with Gasteiger partial charge in [0.05, 0.1) is 5.69 Å². The first-order valence-corrected chi connectivity index (χ1v) is 21.1. The summed E-state index contributed by atoms with van der Waals surface area (Å²) < 4.78 is 0. The molecule has 294 valence electrons. The van der Waals surface area contributed by atoms with Crippen LogP contribution in [0.25, 0.3) is 72.3 Å². The standard InChI is InChI=1S/C60H44N2/c1-43-19-16-17-34-62(56-40-53(46-24-10-4-11-25-46)37-54(41-56)47-26-12-5-13-27-47)60-33-32-49(42-58(43)60)48-28-18-29-50(35-48)57-30-14-15-31-59(57)61-55-38-51(44-20-6-2-7-21-44)36-52(39-55)45-22-8-3-9-23-45/h2-42,61H,1H2/b19-16-,34-17-. The summed E-state index contributed by atoms with van der Waals surface area (Å²) >= 11 is 0. The van der Waals surface area contributed by atoms with E-state index in [9.17, 15) is 0 Å². The maximum atomic E-state index is 4.56. The molecule has 2 heteroatoms. The Balaban J connectivity index is 1.01. The molecule has 10 rings (SSSR count). The van der Waals surface area contributed by atoms with Gasteiger partial charge in [0.25, 0.3) is 0 Å². The predicted octanol–water partition coefficient (Wildman–Crippen LogP) is 16.7. The molecule has 0 bridgehead atoms. The van der Waals surface area contributed by atoms with Crippen LogP contribution in [0, 0.1) is 0 Å². The van der Waals surface area contributed by atoms with Crippen molar-refractivity contribution in [1.82, 2.24) is 0 Å². The fraction of sp³-hybridized carbons (Fsp3) is 0. The lowest BCUT2D eigenvalue weighted by Crippen LogP contribution is -2.12. The highest BCUT2D eigenvalue weighted by Crippen LogP contribution is 2.42. The van der Waals surface area contributed by atoms with E-state index in [1.165, 1.54) is 33.4 Å². The molecular formula is C60H44N2. The monoisotopic (exact) mass is 792 g/mol. The van der Waals surface area contributed by atoms with Gasteiger partial charge in [0, 0.05) is 34.4 Å². The molecule has 0 spiro atoms. The van der Waals surface area contributed by atoms with Gasteiger partial charge in [-0.2, -0.15) is 0 Å². The van der Waals surface area contributed by atoms with Gasteiger partial charge >= 0.3 is 0 Å². The summed E-state index contributed by atoms with van der Waals surface area (Å²) in [4.78, 5) is 2.29. The fourth-order valence-electron chi connectivity index (χ4n) is 8.39. The zero-order chi connectivity index (χ0) is 41.7. The van der Waals surface area contributed by atoms with Gasteiger partial charge in [-0.3, -0.25) is 0 Å². The number of fused-ring (bicyclic) bond motifs is 1. The van der Waals surface area contributed by atoms with Crippen LogP contribution in [-0.2, 0) is 0 Å². The SMILES string of the molecule is C=C1/C=C\C=C/N(c2cc(-c3ccccc3)cc(-c3ccccc3)c2)c2ccc(-c3cccc(-c4ccccc4Nc4cc(-c5ccccc5)cc(-c5ccccc5)c4)c3)cc21. The Morgan fingerprint density at radius 1 is 0.339 bits per heavy atom. The molecule has 0 aliphatic carbocycles. The zero-order valence-electron chi connectivity index (χ0n) is 34.3. The van der Waals surface area contributed by atoms with Crippen molar-refractivity contribution < 1.29 is 0 Å². The molecule has 0 unspecified atom stereocenters. The van der Waals surface area contributed by atoms with Crippen molar-refractivity contribution in [2.24, 2.45) is 0 Å². The molecule has 0 aromatic heterocycles. The average molecular weight is 793 g/mol. The molecule has 1 heterocycles. The summed E-state index contributed by atoms with van der Waals surface area (Å²) in [7, 11) is 0. The lowest BCUT2D eigenvalue weighted by Gasteiger charge is -2.27. The number of allylic oxidation sites excluding steroid dienone is 4. The molecule has 1 aliphatic rings. The number of hydrogen-bond donors (Lipinski definition) is 1. The summed E-state index contributed by atoms with van der Waals surface area (Å²) in [5.74, 6) is 0.